The van der Waals surface area contributed by atoms with Crippen molar-refractivity contribution in [1.29, 1.82) is 0 Å². The number of nitrogens with zero attached hydrogens (tertiary/aromatic N) is 1. The summed E-state index contributed by atoms with van der Waals surface area (Å²) >= 11 is 1.61. The molecule has 1 aliphatic rings. The standard InChI is InChI=1S/C15H23NO2S/c1-3-18-15(8-6-4-5-7-9-15)14(17)10-13-11-19-12(2)16-13/h11H,3-10H2,1-2H3. The Labute approximate surface area is 119 Å². The third kappa shape index (κ3) is 3.63. The molecule has 1 fully saturated rings. The van der Waals surface area contributed by atoms with E-state index in [-0.39, 0.29) is 5.78 Å². The first-order valence-corrected chi connectivity index (χ1v) is 8.12. The molecule has 0 radical (unpaired) electrons. The van der Waals surface area contributed by atoms with E-state index >= 15 is 0 Å². The number of ketones is 1. The highest BCUT2D eigenvalue weighted by Gasteiger charge is 2.38. The SMILES string of the molecule is CCOC1(C(=O)Cc2csc(C)n2)CCCCCC1. The molecule has 1 saturated carbocycles. The maximum absolute atomic E-state index is 12.7. The molecule has 1 aromatic rings. The van der Waals surface area contributed by atoms with Gasteiger partial charge < -0.3 is 4.74 Å². The van der Waals surface area contributed by atoms with Gasteiger partial charge in [0.1, 0.15) is 5.60 Å². The molecule has 0 unspecified atom stereocenters. The van der Waals surface area contributed by atoms with E-state index < -0.39 is 5.60 Å². The van der Waals surface area contributed by atoms with Crippen molar-refractivity contribution in [2.24, 2.45) is 0 Å². The van der Waals surface area contributed by atoms with E-state index in [4.69, 9.17) is 4.74 Å². The number of carbonyl (C=O) groups excluding carboxylic acids is 1. The fraction of sp³-hybridized carbons (Fsp3) is 0.733. The summed E-state index contributed by atoms with van der Waals surface area (Å²) in [5, 5.41) is 3.01. The summed E-state index contributed by atoms with van der Waals surface area (Å²) in [6.07, 6.45) is 6.81. The molecule has 1 heterocycles. The van der Waals surface area contributed by atoms with Gasteiger partial charge in [-0.25, -0.2) is 4.98 Å². The summed E-state index contributed by atoms with van der Waals surface area (Å²) < 4.78 is 5.92. The third-order valence-corrected chi connectivity index (χ3v) is 4.67. The number of Topliss-reactive ketones (excluding diaryl/α,β-unsaturated/α-hetero) is 1. The fourth-order valence-corrected chi connectivity index (χ4v) is 3.51. The number of aromatic nitrogens is 1. The number of aryl methyl sites for hydroxylation is 1. The van der Waals surface area contributed by atoms with Crippen molar-refractivity contribution in [3.8, 4) is 0 Å². The number of rotatable bonds is 5. The number of hydrogen-bond donors (Lipinski definition) is 0. The molecule has 2 rings (SSSR count). The molecule has 1 aromatic heterocycles. The van der Waals surface area contributed by atoms with Crippen LogP contribution in [0.25, 0.3) is 0 Å². The highest BCUT2D eigenvalue weighted by molar-refractivity contribution is 7.09. The molecule has 106 valence electrons. The first-order valence-electron chi connectivity index (χ1n) is 7.24. The number of hydrogen-bond acceptors (Lipinski definition) is 4. The van der Waals surface area contributed by atoms with Crippen LogP contribution in [-0.4, -0.2) is 23.0 Å². The van der Waals surface area contributed by atoms with Crippen LogP contribution in [-0.2, 0) is 16.0 Å². The summed E-state index contributed by atoms with van der Waals surface area (Å²) in [5.41, 5.74) is 0.360. The van der Waals surface area contributed by atoms with Gasteiger partial charge in [0.2, 0.25) is 0 Å². The zero-order valence-corrected chi connectivity index (χ0v) is 12.7. The number of thiazole rings is 1. The van der Waals surface area contributed by atoms with Crippen LogP contribution in [0.2, 0.25) is 0 Å². The fourth-order valence-electron chi connectivity index (χ4n) is 2.89. The zero-order chi connectivity index (χ0) is 13.7. The van der Waals surface area contributed by atoms with Gasteiger partial charge in [-0.3, -0.25) is 4.79 Å². The van der Waals surface area contributed by atoms with Crippen molar-refractivity contribution in [3.05, 3.63) is 16.1 Å². The monoisotopic (exact) mass is 281 g/mol. The van der Waals surface area contributed by atoms with Crippen LogP contribution in [0.1, 0.15) is 56.2 Å². The second kappa shape index (κ2) is 6.62. The Morgan fingerprint density at radius 1 is 1.37 bits per heavy atom. The van der Waals surface area contributed by atoms with Crippen LogP contribution in [0.5, 0.6) is 0 Å². The second-order valence-electron chi connectivity index (χ2n) is 5.30. The lowest BCUT2D eigenvalue weighted by Crippen LogP contribution is -2.42. The lowest BCUT2D eigenvalue weighted by atomic mass is 9.87. The molecule has 0 aliphatic heterocycles. The number of carbonyl (C=O) groups is 1. The van der Waals surface area contributed by atoms with Crippen LogP contribution in [0, 0.1) is 6.92 Å². The smallest absolute Gasteiger partial charge is 0.170 e. The Kier molecular flexibility index (Phi) is 5.11. The summed E-state index contributed by atoms with van der Waals surface area (Å²) in [4.78, 5) is 17.1. The minimum Gasteiger partial charge on any atom is -0.367 e. The Morgan fingerprint density at radius 3 is 2.58 bits per heavy atom. The predicted octanol–water partition coefficient (Wildman–Crippen LogP) is 3.69. The van der Waals surface area contributed by atoms with E-state index in [1.807, 2.05) is 19.2 Å². The maximum Gasteiger partial charge on any atom is 0.170 e. The van der Waals surface area contributed by atoms with Gasteiger partial charge in [-0.15, -0.1) is 11.3 Å². The molecule has 0 atom stereocenters. The lowest BCUT2D eigenvalue weighted by molar-refractivity contribution is -0.145. The molecule has 0 bridgehead atoms. The van der Waals surface area contributed by atoms with E-state index in [0.29, 0.717) is 13.0 Å². The van der Waals surface area contributed by atoms with E-state index in [1.54, 1.807) is 11.3 Å². The molecule has 4 heteroatoms. The van der Waals surface area contributed by atoms with Crippen LogP contribution in [0.4, 0.5) is 0 Å². The Bertz CT molecular complexity index is 420. The van der Waals surface area contributed by atoms with Gasteiger partial charge in [-0.2, -0.15) is 0 Å². The zero-order valence-electron chi connectivity index (χ0n) is 11.9. The van der Waals surface area contributed by atoms with E-state index in [9.17, 15) is 4.79 Å². The van der Waals surface area contributed by atoms with Crippen LogP contribution < -0.4 is 0 Å². The van der Waals surface area contributed by atoms with Crippen molar-refractivity contribution < 1.29 is 9.53 Å². The van der Waals surface area contributed by atoms with Crippen molar-refractivity contribution in [2.75, 3.05) is 6.61 Å². The summed E-state index contributed by atoms with van der Waals surface area (Å²) in [6.45, 7) is 4.57. The van der Waals surface area contributed by atoms with E-state index in [1.165, 1.54) is 12.8 Å². The Morgan fingerprint density at radius 2 is 2.05 bits per heavy atom. The minimum absolute atomic E-state index is 0.224. The van der Waals surface area contributed by atoms with Gasteiger partial charge in [0.05, 0.1) is 17.1 Å². The first-order chi connectivity index (χ1) is 9.16. The van der Waals surface area contributed by atoms with Gasteiger partial charge in [0, 0.05) is 12.0 Å². The Hall–Kier alpha value is -0.740. The lowest BCUT2D eigenvalue weighted by Gasteiger charge is -2.31. The quantitative estimate of drug-likeness (QED) is 0.773. The summed E-state index contributed by atoms with van der Waals surface area (Å²) in [7, 11) is 0. The molecule has 19 heavy (non-hydrogen) atoms. The van der Waals surface area contributed by atoms with Gasteiger partial charge in [0.25, 0.3) is 0 Å². The largest absolute Gasteiger partial charge is 0.367 e. The average Bonchev–Trinajstić information content (AvgIpc) is 2.65. The first kappa shape index (κ1) is 14.7. The molecular formula is C15H23NO2S. The predicted molar refractivity (Wildman–Crippen MR) is 77.6 cm³/mol. The minimum atomic E-state index is -0.539. The topological polar surface area (TPSA) is 39.2 Å². The number of ether oxygens (including phenoxy) is 1. The molecule has 0 spiro atoms. The summed E-state index contributed by atoms with van der Waals surface area (Å²) in [6, 6.07) is 0. The highest BCUT2D eigenvalue weighted by Crippen LogP contribution is 2.32. The molecule has 0 aromatic carbocycles. The van der Waals surface area contributed by atoms with Gasteiger partial charge >= 0.3 is 0 Å². The highest BCUT2D eigenvalue weighted by atomic mass is 32.1. The van der Waals surface area contributed by atoms with Crippen LogP contribution in [0.15, 0.2) is 5.38 Å². The van der Waals surface area contributed by atoms with Crippen molar-refractivity contribution in [1.82, 2.24) is 4.98 Å². The van der Waals surface area contributed by atoms with Crippen molar-refractivity contribution in [2.45, 2.75) is 64.4 Å². The Balaban J connectivity index is 2.10. The van der Waals surface area contributed by atoms with E-state index in [0.717, 1.165) is 36.4 Å². The van der Waals surface area contributed by atoms with Crippen molar-refractivity contribution in [3.63, 3.8) is 0 Å². The average molecular weight is 281 g/mol. The maximum atomic E-state index is 12.7. The van der Waals surface area contributed by atoms with E-state index in [2.05, 4.69) is 4.98 Å². The normalized spacial score (nSPS) is 19.1. The summed E-state index contributed by atoms with van der Waals surface area (Å²) in [5.74, 6) is 0.224. The van der Waals surface area contributed by atoms with Crippen molar-refractivity contribution >= 4 is 17.1 Å². The molecule has 0 saturated heterocycles. The molecule has 3 nitrogen and oxygen atoms in total. The third-order valence-electron chi connectivity index (χ3n) is 3.85. The van der Waals surface area contributed by atoms with Gasteiger partial charge in [0.15, 0.2) is 5.78 Å². The second-order valence-corrected chi connectivity index (χ2v) is 6.36. The van der Waals surface area contributed by atoms with Crippen LogP contribution >= 0.6 is 11.3 Å². The van der Waals surface area contributed by atoms with Gasteiger partial charge in [-0.05, 0) is 26.7 Å². The molecular weight excluding hydrogens is 258 g/mol. The molecule has 1 aliphatic carbocycles. The van der Waals surface area contributed by atoms with Crippen LogP contribution in [0.3, 0.4) is 0 Å². The molecule has 0 amide bonds. The van der Waals surface area contributed by atoms with Gasteiger partial charge in [-0.1, -0.05) is 25.7 Å². The molecule has 0 N–H and O–H groups in total.